The molecule has 2 aliphatic heterocycles. The van der Waals surface area contributed by atoms with Gasteiger partial charge in [-0.2, -0.15) is 0 Å². The Morgan fingerprint density at radius 2 is 1.97 bits per heavy atom. The maximum atomic E-state index is 12.5. The van der Waals surface area contributed by atoms with Crippen LogP contribution in [0.15, 0.2) is 12.1 Å². The number of piperidine rings is 1. The Balaban J connectivity index is 1.67. The van der Waals surface area contributed by atoms with E-state index in [2.05, 4.69) is 37.8 Å². The highest BCUT2D eigenvalue weighted by atomic mass is 16.7. The van der Waals surface area contributed by atoms with E-state index in [4.69, 9.17) is 18.9 Å². The van der Waals surface area contributed by atoms with Gasteiger partial charge in [-0.3, -0.25) is 4.90 Å². The summed E-state index contributed by atoms with van der Waals surface area (Å²) in [5.74, 6) is 1.26. The molecule has 6 nitrogen and oxygen atoms in total. The Hall–Kier alpha value is -1.34. The molecule has 6 heteroatoms. The summed E-state index contributed by atoms with van der Waals surface area (Å²) in [6, 6.07) is 4.34. The van der Waals surface area contributed by atoms with Gasteiger partial charge in [0, 0.05) is 38.8 Å². The number of ether oxygens (including phenoxy) is 4. The molecular formula is C26H39NO5. The number of unbranched alkanes of at least 4 members (excludes halogenated alkanes) is 1. The Morgan fingerprint density at radius 1 is 1.19 bits per heavy atom. The molecule has 2 heterocycles. The Labute approximate surface area is 192 Å². The van der Waals surface area contributed by atoms with Gasteiger partial charge in [-0.15, -0.1) is 0 Å². The van der Waals surface area contributed by atoms with E-state index >= 15 is 0 Å². The van der Waals surface area contributed by atoms with E-state index < -0.39 is 22.9 Å². The van der Waals surface area contributed by atoms with Gasteiger partial charge in [0.2, 0.25) is 5.79 Å². The molecule has 0 unspecified atom stereocenters. The maximum absolute atomic E-state index is 12.5. The number of rotatable bonds is 8. The fraction of sp³-hybridized carbons (Fsp3) is 0.769. The van der Waals surface area contributed by atoms with Crippen LogP contribution in [-0.2, 0) is 21.3 Å². The first-order valence-corrected chi connectivity index (χ1v) is 12.4. The largest absolute Gasteiger partial charge is 0.490 e. The van der Waals surface area contributed by atoms with Gasteiger partial charge in [0.05, 0.1) is 17.6 Å². The molecule has 1 N–H and O–H groups in total. The predicted molar refractivity (Wildman–Crippen MR) is 122 cm³/mol. The van der Waals surface area contributed by atoms with Gasteiger partial charge in [0.15, 0.2) is 17.6 Å². The molecule has 2 bridgehead atoms. The van der Waals surface area contributed by atoms with Crippen LogP contribution in [-0.4, -0.2) is 67.5 Å². The Morgan fingerprint density at radius 3 is 2.66 bits per heavy atom. The zero-order valence-corrected chi connectivity index (χ0v) is 20.3. The fourth-order valence-corrected chi connectivity index (χ4v) is 7.21. The third kappa shape index (κ3) is 2.79. The van der Waals surface area contributed by atoms with Crippen LogP contribution in [0.3, 0.4) is 0 Å². The summed E-state index contributed by atoms with van der Waals surface area (Å²) in [5.41, 5.74) is 0.989. The number of likely N-dealkylation sites (tertiary alicyclic amines) is 1. The third-order valence-corrected chi connectivity index (χ3v) is 8.61. The lowest BCUT2D eigenvalue weighted by Crippen LogP contribution is -2.79. The Bertz CT molecular complexity index is 868. The van der Waals surface area contributed by atoms with Gasteiger partial charge in [-0.1, -0.05) is 33.3 Å². The second-order valence-corrected chi connectivity index (χ2v) is 10.6. The highest BCUT2D eigenvalue weighted by Gasteiger charge is 2.76. The van der Waals surface area contributed by atoms with Crippen LogP contribution in [0.5, 0.6) is 11.5 Å². The first-order chi connectivity index (χ1) is 15.4. The predicted octanol–water partition coefficient (Wildman–Crippen LogP) is 3.66. The summed E-state index contributed by atoms with van der Waals surface area (Å²) in [4.78, 5) is 2.52. The Kier molecular flexibility index (Phi) is 5.52. The number of aliphatic hydroxyl groups is 1. The van der Waals surface area contributed by atoms with E-state index in [9.17, 15) is 5.11 Å². The topological polar surface area (TPSA) is 60.4 Å². The van der Waals surface area contributed by atoms with E-state index in [-0.39, 0.29) is 6.04 Å². The number of hydrogen-bond donors (Lipinski definition) is 1. The summed E-state index contributed by atoms with van der Waals surface area (Å²) in [6.45, 7) is 9.27. The summed E-state index contributed by atoms with van der Waals surface area (Å²) in [6.07, 6.45) is 4.57. The van der Waals surface area contributed by atoms with Crippen molar-refractivity contribution < 1.29 is 24.1 Å². The monoisotopic (exact) mass is 445 g/mol. The lowest BCUT2D eigenvalue weighted by molar-refractivity contribution is -0.319. The molecule has 0 radical (unpaired) electrons. The summed E-state index contributed by atoms with van der Waals surface area (Å²) >= 11 is 0. The highest BCUT2D eigenvalue weighted by molar-refractivity contribution is 5.63. The van der Waals surface area contributed by atoms with E-state index in [1.54, 1.807) is 14.2 Å². The molecule has 32 heavy (non-hydrogen) atoms. The molecule has 1 saturated heterocycles. The minimum atomic E-state index is -0.884. The normalized spacial score (nSPS) is 34.3. The molecule has 5 rings (SSSR count). The van der Waals surface area contributed by atoms with Crippen molar-refractivity contribution in [2.45, 2.75) is 88.2 Å². The number of methoxy groups -OCH3 is 2. The van der Waals surface area contributed by atoms with Gasteiger partial charge in [-0.05, 0) is 49.8 Å². The van der Waals surface area contributed by atoms with Crippen molar-refractivity contribution >= 4 is 0 Å². The summed E-state index contributed by atoms with van der Waals surface area (Å²) in [5, 5.41) is 12.5. The second-order valence-electron chi connectivity index (χ2n) is 10.6. The molecule has 1 spiro atoms. The number of benzene rings is 1. The molecule has 1 aromatic carbocycles. The number of hydrogen-bond acceptors (Lipinski definition) is 6. The zero-order chi connectivity index (χ0) is 22.7. The van der Waals surface area contributed by atoms with Crippen LogP contribution < -0.4 is 9.47 Å². The molecule has 4 aliphatic rings. The van der Waals surface area contributed by atoms with Crippen LogP contribution in [0.4, 0.5) is 0 Å². The van der Waals surface area contributed by atoms with Crippen molar-refractivity contribution in [2.24, 2.45) is 5.92 Å². The van der Waals surface area contributed by atoms with Crippen LogP contribution in [0.25, 0.3) is 0 Å². The van der Waals surface area contributed by atoms with Gasteiger partial charge in [-0.25, -0.2) is 0 Å². The lowest BCUT2D eigenvalue weighted by Gasteiger charge is -2.65. The molecule has 1 saturated carbocycles. The maximum Gasteiger partial charge on any atom is 0.206 e. The summed E-state index contributed by atoms with van der Waals surface area (Å²) in [7, 11) is 3.40. The molecule has 0 amide bonds. The first-order valence-electron chi connectivity index (χ1n) is 12.4. The molecule has 0 aromatic heterocycles. The van der Waals surface area contributed by atoms with Crippen LogP contribution in [0, 0.1) is 5.92 Å². The van der Waals surface area contributed by atoms with E-state index in [0.29, 0.717) is 25.4 Å². The summed E-state index contributed by atoms with van der Waals surface area (Å²) < 4.78 is 25.0. The van der Waals surface area contributed by atoms with Gasteiger partial charge in [0.1, 0.15) is 0 Å². The minimum absolute atomic E-state index is 0.0711. The van der Waals surface area contributed by atoms with Gasteiger partial charge >= 0.3 is 0 Å². The molecule has 178 valence electrons. The first kappa shape index (κ1) is 22.5. The quantitative estimate of drug-likeness (QED) is 0.487. The highest BCUT2D eigenvalue weighted by Crippen LogP contribution is 2.67. The molecule has 1 aromatic rings. The van der Waals surface area contributed by atoms with Crippen molar-refractivity contribution in [1.29, 1.82) is 0 Å². The molecule has 2 aliphatic carbocycles. The fourth-order valence-electron chi connectivity index (χ4n) is 7.21. The average Bonchev–Trinajstić information content (AvgIpc) is 3.13. The lowest BCUT2D eigenvalue weighted by atomic mass is 9.48. The van der Waals surface area contributed by atoms with Crippen molar-refractivity contribution in [3.8, 4) is 11.5 Å². The average molecular weight is 446 g/mol. The molecular weight excluding hydrogens is 406 g/mol. The van der Waals surface area contributed by atoms with E-state index in [1.807, 2.05) is 0 Å². The number of nitrogens with zero attached hydrogens (tertiary/aromatic N) is 1. The van der Waals surface area contributed by atoms with Crippen molar-refractivity contribution in [3.05, 3.63) is 23.3 Å². The van der Waals surface area contributed by atoms with Gasteiger partial charge in [0.25, 0.3) is 0 Å². The third-order valence-electron chi connectivity index (χ3n) is 8.61. The van der Waals surface area contributed by atoms with Crippen LogP contribution in [0.1, 0.15) is 64.0 Å². The van der Waals surface area contributed by atoms with Crippen molar-refractivity contribution in [3.63, 3.8) is 0 Å². The van der Waals surface area contributed by atoms with E-state index in [0.717, 1.165) is 55.8 Å². The van der Waals surface area contributed by atoms with E-state index in [1.165, 1.54) is 5.56 Å². The van der Waals surface area contributed by atoms with Crippen LogP contribution >= 0.6 is 0 Å². The zero-order valence-electron chi connectivity index (χ0n) is 20.3. The standard InChI is InChI=1S/C26H39NO5/c1-6-7-14-31-19-9-8-18-15-20-25(28)10-11-26(29-4,30-5)23-24(25,21(18)22(19)32-23)12-13-27(20)16-17(2)3/h8-9,17,20,23,28H,6-7,10-16H2,1-5H3/t20-,23-,24+,25-/m1/s1. The second kappa shape index (κ2) is 7.86. The smallest absolute Gasteiger partial charge is 0.206 e. The van der Waals surface area contributed by atoms with Crippen molar-refractivity contribution in [2.75, 3.05) is 33.9 Å². The molecule has 2 fully saturated rings. The van der Waals surface area contributed by atoms with Crippen molar-refractivity contribution in [1.82, 2.24) is 4.90 Å². The minimum Gasteiger partial charge on any atom is -0.490 e. The van der Waals surface area contributed by atoms with Gasteiger partial charge < -0.3 is 24.1 Å². The van der Waals surface area contributed by atoms with Crippen LogP contribution in [0.2, 0.25) is 0 Å². The molecule has 4 atom stereocenters. The SMILES string of the molecule is CCCCOc1ccc2c3c1O[C@H]1C(OC)(OC)CC[C@@]4(O)[C@@H](C2)N(CC(C)C)CC[C@]314.